The third kappa shape index (κ3) is 11.2. The Morgan fingerprint density at radius 3 is 1.05 bits per heavy atom. The van der Waals surface area contributed by atoms with Crippen molar-refractivity contribution in [2.75, 3.05) is 6.61 Å². The lowest BCUT2D eigenvalue weighted by Crippen LogP contribution is -2.29. The molecule has 3 aromatic rings. The quantitative estimate of drug-likeness (QED) is 0.0756. The fraction of sp³-hybridized carbons (Fsp3) is 0.500. The minimum absolute atomic E-state index is 0.109. The topological polar surface area (TPSA) is 49.7 Å². The van der Waals surface area contributed by atoms with Crippen LogP contribution in [0.1, 0.15) is 119 Å². The summed E-state index contributed by atoms with van der Waals surface area (Å²) in [5.41, 5.74) is 4.06. The van der Waals surface area contributed by atoms with Gasteiger partial charge in [-0.3, -0.25) is 0 Å². The second-order valence-corrected chi connectivity index (χ2v) is 11.3. The van der Waals surface area contributed by atoms with Gasteiger partial charge >= 0.3 is 7.32 Å². The molecule has 216 valence electrons. The molecule has 2 N–H and O–H groups in total. The van der Waals surface area contributed by atoms with Gasteiger partial charge in [0.05, 0.1) is 0 Å². The molecule has 0 bridgehead atoms. The van der Waals surface area contributed by atoms with Crippen molar-refractivity contribution in [1.82, 2.24) is 0 Å². The molecule has 0 heterocycles. The fourth-order valence-corrected chi connectivity index (χ4v) is 6.08. The lowest BCUT2D eigenvalue weighted by molar-refractivity contribution is 0.182. The van der Waals surface area contributed by atoms with Crippen molar-refractivity contribution in [2.24, 2.45) is 0 Å². The second-order valence-electron chi connectivity index (χ2n) is 11.3. The van der Waals surface area contributed by atoms with E-state index in [-0.39, 0.29) is 5.41 Å². The van der Waals surface area contributed by atoms with Crippen LogP contribution in [-0.2, 0) is 10.1 Å². The first-order valence-electron chi connectivity index (χ1n) is 15.9. The van der Waals surface area contributed by atoms with E-state index in [1.807, 2.05) is 0 Å². The maximum absolute atomic E-state index is 8.65. The summed E-state index contributed by atoms with van der Waals surface area (Å²) in [7, 11) is -1.62. The molecule has 3 nitrogen and oxygen atoms in total. The fourth-order valence-electron chi connectivity index (χ4n) is 6.08. The summed E-state index contributed by atoms with van der Waals surface area (Å²) in [6, 6.07) is 33.3. The lowest BCUT2D eigenvalue weighted by Gasteiger charge is -2.36. The van der Waals surface area contributed by atoms with Gasteiger partial charge in [-0.25, -0.2) is 0 Å². The average molecular weight is 543 g/mol. The van der Waals surface area contributed by atoms with E-state index in [4.69, 9.17) is 14.7 Å². The Balaban J connectivity index is 1.32. The molecule has 0 aromatic heterocycles. The van der Waals surface area contributed by atoms with Crippen LogP contribution in [0, 0.1) is 0 Å². The van der Waals surface area contributed by atoms with Crippen LogP contribution in [0.3, 0.4) is 0 Å². The van der Waals surface area contributed by atoms with Crippen molar-refractivity contribution in [2.45, 2.75) is 108 Å². The predicted molar refractivity (Wildman–Crippen MR) is 169 cm³/mol. The van der Waals surface area contributed by atoms with E-state index in [1.165, 1.54) is 100 Å². The summed E-state index contributed by atoms with van der Waals surface area (Å²) in [6.45, 7) is 0.438. The summed E-state index contributed by atoms with van der Waals surface area (Å²) in [5, 5.41) is 17.3. The highest BCUT2D eigenvalue weighted by atomic mass is 16.6. The molecule has 0 amide bonds. The number of hydrogen-bond acceptors (Lipinski definition) is 3. The van der Waals surface area contributed by atoms with Crippen LogP contribution in [0.2, 0.25) is 0 Å². The van der Waals surface area contributed by atoms with Gasteiger partial charge in [0.1, 0.15) is 0 Å². The molecule has 0 unspecified atom stereocenters. The Morgan fingerprint density at radius 2 is 0.725 bits per heavy atom. The van der Waals surface area contributed by atoms with Crippen LogP contribution < -0.4 is 0 Å². The zero-order valence-corrected chi connectivity index (χ0v) is 24.6. The summed E-state index contributed by atoms with van der Waals surface area (Å²) in [6.07, 6.45) is 20.4. The molecule has 0 aliphatic heterocycles. The van der Waals surface area contributed by atoms with Crippen molar-refractivity contribution in [3.05, 3.63) is 108 Å². The maximum atomic E-state index is 8.65. The standard InChI is InChI=1S/C36H51BO3/c38-37(39)40-32-24-13-11-9-7-5-3-1-2-4-6-8-10-12-23-31-36(33-25-17-14-18-26-33,34-27-19-15-20-28-34)35-29-21-16-22-30-35/h14-22,25-30,38-39H,1-13,23-24,31-32H2. The second kappa shape index (κ2) is 19.6. The van der Waals surface area contributed by atoms with Gasteiger partial charge in [-0.1, -0.05) is 181 Å². The summed E-state index contributed by atoms with van der Waals surface area (Å²) < 4.78 is 4.74. The predicted octanol–water partition coefficient (Wildman–Crippen LogP) is 9.25. The average Bonchev–Trinajstić information content (AvgIpc) is 3.00. The first kappa shape index (κ1) is 32.1. The van der Waals surface area contributed by atoms with E-state index in [9.17, 15) is 0 Å². The minimum atomic E-state index is -1.62. The van der Waals surface area contributed by atoms with Crippen LogP contribution in [0.5, 0.6) is 0 Å². The highest BCUT2D eigenvalue weighted by Crippen LogP contribution is 2.43. The maximum Gasteiger partial charge on any atom is 0.633 e. The smallest absolute Gasteiger partial charge is 0.402 e. The van der Waals surface area contributed by atoms with E-state index in [2.05, 4.69) is 91.0 Å². The molecular weight excluding hydrogens is 491 g/mol. The molecule has 0 aliphatic carbocycles. The van der Waals surface area contributed by atoms with Gasteiger partial charge < -0.3 is 14.7 Å². The van der Waals surface area contributed by atoms with Crippen LogP contribution >= 0.6 is 0 Å². The molecule has 3 rings (SSSR count). The number of rotatable bonds is 22. The molecule has 0 aliphatic rings. The molecule has 0 fully saturated rings. The minimum Gasteiger partial charge on any atom is -0.402 e. The first-order valence-corrected chi connectivity index (χ1v) is 15.9. The Labute approximate surface area is 244 Å². The van der Waals surface area contributed by atoms with Gasteiger partial charge in [-0.15, -0.1) is 0 Å². The zero-order chi connectivity index (χ0) is 28.1. The molecular formula is C36H51BO3. The Kier molecular flexibility index (Phi) is 15.8. The first-order chi connectivity index (χ1) is 19.7. The van der Waals surface area contributed by atoms with Gasteiger partial charge in [-0.05, 0) is 29.5 Å². The van der Waals surface area contributed by atoms with Crippen molar-refractivity contribution < 1.29 is 14.7 Å². The van der Waals surface area contributed by atoms with Crippen molar-refractivity contribution in [3.8, 4) is 0 Å². The molecule has 0 radical (unpaired) electrons. The van der Waals surface area contributed by atoms with Gasteiger partial charge in [-0.2, -0.15) is 0 Å². The Hall–Kier alpha value is -2.40. The summed E-state index contributed by atoms with van der Waals surface area (Å²) >= 11 is 0. The highest BCUT2D eigenvalue weighted by Gasteiger charge is 2.35. The van der Waals surface area contributed by atoms with Crippen LogP contribution in [-0.4, -0.2) is 24.0 Å². The van der Waals surface area contributed by atoms with Crippen LogP contribution in [0.25, 0.3) is 0 Å². The van der Waals surface area contributed by atoms with Crippen molar-refractivity contribution in [1.29, 1.82) is 0 Å². The van der Waals surface area contributed by atoms with E-state index >= 15 is 0 Å². The van der Waals surface area contributed by atoms with Crippen molar-refractivity contribution in [3.63, 3.8) is 0 Å². The third-order valence-corrected chi connectivity index (χ3v) is 8.26. The van der Waals surface area contributed by atoms with Gasteiger partial charge in [0, 0.05) is 12.0 Å². The number of hydrogen-bond donors (Lipinski definition) is 2. The molecule has 0 spiro atoms. The zero-order valence-electron chi connectivity index (χ0n) is 24.6. The molecule has 0 atom stereocenters. The normalized spacial score (nSPS) is 11.6. The Bertz CT molecular complexity index is 898. The number of unbranched alkanes of at least 4 members (excludes halogenated alkanes) is 14. The Morgan fingerprint density at radius 1 is 0.425 bits per heavy atom. The summed E-state index contributed by atoms with van der Waals surface area (Å²) in [4.78, 5) is 0. The van der Waals surface area contributed by atoms with Gasteiger partial charge in [0.25, 0.3) is 0 Å². The van der Waals surface area contributed by atoms with Crippen LogP contribution in [0.4, 0.5) is 0 Å². The number of benzene rings is 3. The monoisotopic (exact) mass is 542 g/mol. The van der Waals surface area contributed by atoms with E-state index in [0.717, 1.165) is 19.3 Å². The highest BCUT2D eigenvalue weighted by molar-refractivity contribution is 6.32. The van der Waals surface area contributed by atoms with E-state index in [0.29, 0.717) is 6.61 Å². The van der Waals surface area contributed by atoms with Crippen molar-refractivity contribution >= 4 is 7.32 Å². The molecule has 3 aromatic carbocycles. The molecule has 0 saturated heterocycles. The van der Waals surface area contributed by atoms with Gasteiger partial charge in [0.15, 0.2) is 0 Å². The summed E-state index contributed by atoms with van der Waals surface area (Å²) in [5.74, 6) is 0. The van der Waals surface area contributed by atoms with Gasteiger partial charge in [0.2, 0.25) is 0 Å². The SMILES string of the molecule is OB(O)OCCCCCCCCCCCCCCCCCC(c1ccccc1)(c1ccccc1)c1ccccc1. The van der Waals surface area contributed by atoms with E-state index in [1.54, 1.807) is 0 Å². The van der Waals surface area contributed by atoms with Crippen LogP contribution in [0.15, 0.2) is 91.0 Å². The molecule has 4 heteroatoms. The van der Waals surface area contributed by atoms with E-state index < -0.39 is 7.32 Å². The largest absolute Gasteiger partial charge is 0.633 e. The lowest BCUT2D eigenvalue weighted by atomic mass is 9.66. The third-order valence-electron chi connectivity index (χ3n) is 8.26. The molecule has 0 saturated carbocycles. The molecule has 40 heavy (non-hydrogen) atoms.